The number of nitrogens with zero attached hydrogens (tertiary/aromatic N) is 1. The average molecular weight is 276 g/mol. The molecule has 1 aliphatic heterocycles. The van der Waals surface area contributed by atoms with Gasteiger partial charge in [0, 0.05) is 45.0 Å². The van der Waals surface area contributed by atoms with Crippen molar-refractivity contribution in [1.29, 1.82) is 0 Å². The van der Waals surface area contributed by atoms with Gasteiger partial charge in [0.25, 0.3) is 0 Å². The summed E-state index contributed by atoms with van der Waals surface area (Å²) in [4.78, 5) is 13.7. The second-order valence-electron chi connectivity index (χ2n) is 5.19. The molecule has 2 rings (SSSR count). The van der Waals surface area contributed by atoms with Gasteiger partial charge in [0.1, 0.15) is 0 Å². The highest BCUT2D eigenvalue weighted by atomic mass is 16.2. The summed E-state index contributed by atoms with van der Waals surface area (Å²) in [5.41, 5.74) is 3.67. The molecule has 0 spiro atoms. The zero-order valence-corrected chi connectivity index (χ0v) is 12.3. The third kappa shape index (κ3) is 4.13. The van der Waals surface area contributed by atoms with E-state index in [4.69, 9.17) is 0 Å². The molecule has 1 heterocycles. The molecule has 110 valence electrons. The van der Waals surface area contributed by atoms with E-state index in [0.717, 1.165) is 38.4 Å². The van der Waals surface area contributed by atoms with Crippen molar-refractivity contribution in [2.75, 3.05) is 44.6 Å². The molecule has 0 atom stereocenters. The summed E-state index contributed by atoms with van der Waals surface area (Å²) in [6, 6.07) is 6.35. The summed E-state index contributed by atoms with van der Waals surface area (Å²) < 4.78 is 0. The lowest BCUT2D eigenvalue weighted by atomic mass is 10.1. The lowest BCUT2D eigenvalue weighted by molar-refractivity contribution is 0.190. The van der Waals surface area contributed by atoms with Crippen molar-refractivity contribution in [3.63, 3.8) is 0 Å². The van der Waals surface area contributed by atoms with Gasteiger partial charge in [-0.1, -0.05) is 6.07 Å². The first-order valence-corrected chi connectivity index (χ1v) is 7.21. The number of aryl methyl sites for hydroxylation is 2. The fourth-order valence-corrected chi connectivity index (χ4v) is 2.21. The Morgan fingerprint density at radius 1 is 1.20 bits per heavy atom. The Morgan fingerprint density at radius 2 is 1.95 bits per heavy atom. The predicted molar refractivity (Wildman–Crippen MR) is 82.2 cm³/mol. The molecule has 1 aromatic rings. The lowest BCUT2D eigenvalue weighted by Gasteiger charge is -2.27. The van der Waals surface area contributed by atoms with Gasteiger partial charge < -0.3 is 20.9 Å². The number of hydrogen-bond donors (Lipinski definition) is 3. The van der Waals surface area contributed by atoms with Crippen LogP contribution in [0.15, 0.2) is 18.2 Å². The van der Waals surface area contributed by atoms with Crippen LogP contribution in [0.2, 0.25) is 0 Å². The van der Waals surface area contributed by atoms with E-state index in [1.54, 1.807) is 0 Å². The molecule has 3 N–H and O–H groups in total. The minimum absolute atomic E-state index is 0.0355. The van der Waals surface area contributed by atoms with Crippen molar-refractivity contribution in [3.8, 4) is 0 Å². The Balaban J connectivity index is 1.68. The second-order valence-corrected chi connectivity index (χ2v) is 5.19. The summed E-state index contributed by atoms with van der Waals surface area (Å²) in [5.74, 6) is 0. The first kappa shape index (κ1) is 14.7. The monoisotopic (exact) mass is 276 g/mol. The number of carbonyl (C=O) groups excluding carboxylic acids is 1. The zero-order chi connectivity index (χ0) is 14.4. The minimum atomic E-state index is 0.0355. The van der Waals surface area contributed by atoms with Gasteiger partial charge in [0.15, 0.2) is 0 Å². The van der Waals surface area contributed by atoms with Gasteiger partial charge >= 0.3 is 6.03 Å². The number of nitrogens with one attached hydrogen (secondary N) is 3. The van der Waals surface area contributed by atoms with Crippen LogP contribution < -0.4 is 16.0 Å². The molecule has 20 heavy (non-hydrogen) atoms. The molecule has 0 unspecified atom stereocenters. The quantitative estimate of drug-likeness (QED) is 0.727. The number of piperazine rings is 1. The molecular weight excluding hydrogens is 252 g/mol. The van der Waals surface area contributed by atoms with E-state index in [1.165, 1.54) is 11.1 Å². The van der Waals surface area contributed by atoms with Crippen LogP contribution in [0.25, 0.3) is 0 Å². The van der Waals surface area contributed by atoms with E-state index in [9.17, 15) is 4.79 Å². The highest BCUT2D eigenvalue weighted by Crippen LogP contribution is 2.13. The second kappa shape index (κ2) is 7.14. The predicted octanol–water partition coefficient (Wildman–Crippen LogP) is 1.33. The molecule has 5 heteroatoms. The van der Waals surface area contributed by atoms with Crippen molar-refractivity contribution in [2.45, 2.75) is 13.8 Å². The molecule has 0 aliphatic carbocycles. The maximum atomic E-state index is 11.9. The van der Waals surface area contributed by atoms with E-state index >= 15 is 0 Å². The fourth-order valence-electron chi connectivity index (χ4n) is 2.21. The Kier molecular flexibility index (Phi) is 5.24. The molecule has 2 amide bonds. The van der Waals surface area contributed by atoms with Crippen LogP contribution in [0, 0.1) is 13.8 Å². The summed E-state index contributed by atoms with van der Waals surface area (Å²) >= 11 is 0. The Bertz CT molecular complexity index is 455. The maximum absolute atomic E-state index is 11.9. The van der Waals surface area contributed by atoms with Crippen molar-refractivity contribution in [2.24, 2.45) is 0 Å². The highest BCUT2D eigenvalue weighted by molar-refractivity contribution is 5.74. The van der Waals surface area contributed by atoms with Gasteiger partial charge in [-0.2, -0.15) is 0 Å². The first-order chi connectivity index (χ1) is 9.66. The van der Waals surface area contributed by atoms with Crippen LogP contribution >= 0.6 is 0 Å². The third-order valence-corrected chi connectivity index (χ3v) is 3.64. The molecule has 1 saturated heterocycles. The Hall–Kier alpha value is -1.75. The number of rotatable bonds is 4. The number of carbonyl (C=O) groups is 1. The van der Waals surface area contributed by atoms with Crippen molar-refractivity contribution in [3.05, 3.63) is 29.3 Å². The zero-order valence-electron chi connectivity index (χ0n) is 12.3. The van der Waals surface area contributed by atoms with Crippen LogP contribution in [0.1, 0.15) is 11.1 Å². The number of hydrogen-bond acceptors (Lipinski definition) is 3. The molecule has 1 aliphatic rings. The molecule has 1 fully saturated rings. The SMILES string of the molecule is Cc1ccc(NCCNC(=O)N2CCNCC2)cc1C. The first-order valence-electron chi connectivity index (χ1n) is 7.21. The Labute approximate surface area is 120 Å². The van der Waals surface area contributed by atoms with E-state index in [-0.39, 0.29) is 6.03 Å². The minimum Gasteiger partial charge on any atom is -0.383 e. The number of amides is 2. The molecular formula is C15H24N4O. The maximum Gasteiger partial charge on any atom is 0.317 e. The molecule has 0 radical (unpaired) electrons. The van der Waals surface area contributed by atoms with E-state index in [2.05, 4.69) is 48.0 Å². The summed E-state index contributed by atoms with van der Waals surface area (Å²) in [6.45, 7) is 8.92. The van der Waals surface area contributed by atoms with Crippen molar-refractivity contribution < 1.29 is 4.79 Å². The topological polar surface area (TPSA) is 56.4 Å². The number of anilines is 1. The molecule has 0 aromatic heterocycles. The van der Waals surface area contributed by atoms with Gasteiger partial charge in [0.2, 0.25) is 0 Å². The Morgan fingerprint density at radius 3 is 2.65 bits per heavy atom. The fraction of sp³-hybridized carbons (Fsp3) is 0.533. The van der Waals surface area contributed by atoms with Crippen molar-refractivity contribution in [1.82, 2.24) is 15.5 Å². The number of benzene rings is 1. The third-order valence-electron chi connectivity index (χ3n) is 3.64. The average Bonchev–Trinajstić information content (AvgIpc) is 2.48. The van der Waals surface area contributed by atoms with Crippen LogP contribution in [0.4, 0.5) is 10.5 Å². The van der Waals surface area contributed by atoms with Crippen LogP contribution in [0.5, 0.6) is 0 Å². The van der Waals surface area contributed by atoms with Gasteiger partial charge in [-0.15, -0.1) is 0 Å². The lowest BCUT2D eigenvalue weighted by Crippen LogP contribution is -2.50. The molecule has 0 saturated carbocycles. The molecule has 5 nitrogen and oxygen atoms in total. The van der Waals surface area contributed by atoms with Gasteiger partial charge in [-0.25, -0.2) is 4.79 Å². The molecule has 0 bridgehead atoms. The van der Waals surface area contributed by atoms with Gasteiger partial charge in [0.05, 0.1) is 0 Å². The van der Waals surface area contributed by atoms with E-state index in [0.29, 0.717) is 6.54 Å². The standard InChI is InChI=1S/C15H24N4O/c1-12-3-4-14(11-13(12)2)17-5-6-18-15(20)19-9-7-16-8-10-19/h3-4,11,16-17H,5-10H2,1-2H3,(H,18,20). The van der Waals surface area contributed by atoms with E-state index in [1.807, 2.05) is 4.90 Å². The summed E-state index contributed by atoms with van der Waals surface area (Å²) in [6.07, 6.45) is 0. The van der Waals surface area contributed by atoms with Gasteiger partial charge in [-0.3, -0.25) is 0 Å². The summed E-state index contributed by atoms with van der Waals surface area (Å²) in [7, 11) is 0. The van der Waals surface area contributed by atoms with Crippen LogP contribution in [-0.2, 0) is 0 Å². The smallest absolute Gasteiger partial charge is 0.317 e. The van der Waals surface area contributed by atoms with Gasteiger partial charge in [-0.05, 0) is 37.1 Å². The van der Waals surface area contributed by atoms with Crippen LogP contribution in [-0.4, -0.2) is 50.2 Å². The normalized spacial score (nSPS) is 15.0. The highest BCUT2D eigenvalue weighted by Gasteiger charge is 2.14. The molecule has 1 aromatic carbocycles. The number of urea groups is 1. The van der Waals surface area contributed by atoms with E-state index < -0.39 is 0 Å². The summed E-state index contributed by atoms with van der Waals surface area (Å²) in [5, 5.41) is 9.50. The van der Waals surface area contributed by atoms with Crippen molar-refractivity contribution >= 4 is 11.7 Å². The van der Waals surface area contributed by atoms with Crippen LogP contribution in [0.3, 0.4) is 0 Å². The largest absolute Gasteiger partial charge is 0.383 e.